The van der Waals surface area contributed by atoms with Gasteiger partial charge in [-0.3, -0.25) is 4.79 Å². The van der Waals surface area contributed by atoms with Crippen molar-refractivity contribution in [1.29, 1.82) is 0 Å². The molecule has 0 atom stereocenters. The van der Waals surface area contributed by atoms with Crippen molar-refractivity contribution in [2.24, 2.45) is 12.8 Å². The van der Waals surface area contributed by atoms with Crippen LogP contribution in [0.2, 0.25) is 10.0 Å². The lowest BCUT2D eigenvalue weighted by atomic mass is 10.2. The number of para-hydroxylation sites is 1. The molecule has 3 N–H and O–H groups in total. The highest BCUT2D eigenvalue weighted by atomic mass is 35.5. The van der Waals surface area contributed by atoms with Gasteiger partial charge in [-0.2, -0.15) is 5.10 Å². The molecule has 142 valence electrons. The summed E-state index contributed by atoms with van der Waals surface area (Å²) in [7, 11) is 1.96. The smallest absolute Gasteiger partial charge is 0.271 e. The summed E-state index contributed by atoms with van der Waals surface area (Å²) < 4.78 is 3.45. The second-order valence-electron chi connectivity index (χ2n) is 6.32. The van der Waals surface area contributed by atoms with E-state index in [1.165, 1.54) is 4.68 Å². The van der Waals surface area contributed by atoms with Crippen molar-refractivity contribution in [3.63, 3.8) is 0 Å². The van der Waals surface area contributed by atoms with E-state index in [2.05, 4.69) is 15.4 Å². The molecule has 2 aromatic carbocycles. The van der Waals surface area contributed by atoms with Gasteiger partial charge in [0.15, 0.2) is 5.69 Å². The van der Waals surface area contributed by atoms with Gasteiger partial charge in [0.2, 0.25) is 0 Å². The molecule has 0 spiro atoms. The van der Waals surface area contributed by atoms with Crippen molar-refractivity contribution < 1.29 is 4.79 Å². The summed E-state index contributed by atoms with van der Waals surface area (Å²) in [5, 5.41) is 8.26. The van der Waals surface area contributed by atoms with Gasteiger partial charge in [-0.15, -0.1) is 0 Å². The molecular formula is C19H16Cl2N6O. The fourth-order valence-corrected chi connectivity index (χ4v) is 3.59. The van der Waals surface area contributed by atoms with Gasteiger partial charge in [-0.25, -0.2) is 9.67 Å². The fraction of sp³-hybridized carbons (Fsp3) is 0.105. The number of hydrogen-bond acceptors (Lipinski definition) is 4. The predicted octanol–water partition coefficient (Wildman–Crippen LogP) is 4.22. The number of benzene rings is 2. The number of fused-ring (bicyclic) bond motifs is 1. The van der Waals surface area contributed by atoms with Gasteiger partial charge in [0.05, 0.1) is 33.0 Å². The minimum Gasteiger partial charge on any atom is -0.364 e. The highest BCUT2D eigenvalue weighted by Gasteiger charge is 2.18. The van der Waals surface area contributed by atoms with Crippen molar-refractivity contribution in [1.82, 2.24) is 19.3 Å². The predicted molar refractivity (Wildman–Crippen MR) is 111 cm³/mol. The van der Waals surface area contributed by atoms with Gasteiger partial charge in [0.1, 0.15) is 11.5 Å². The fourth-order valence-electron chi connectivity index (χ4n) is 3.02. The number of nitrogens with two attached hydrogens (primary N) is 1. The first-order valence-electron chi connectivity index (χ1n) is 8.39. The third kappa shape index (κ3) is 3.08. The standard InChI is InChI=1S/C19H16Cl2N6O/c1-10-23-14-8-11(6-7-16(14)26(10)2)24-15-9-27(25-17(15)19(22)28)18-12(20)4-3-5-13(18)21/h3-9,24H,1-2H3,(H2,22,28). The first-order chi connectivity index (χ1) is 13.3. The molecule has 0 bridgehead atoms. The van der Waals surface area contributed by atoms with Crippen LogP contribution in [0, 0.1) is 6.92 Å². The molecule has 28 heavy (non-hydrogen) atoms. The summed E-state index contributed by atoms with van der Waals surface area (Å²) in [6, 6.07) is 10.9. The van der Waals surface area contributed by atoms with Gasteiger partial charge in [0.25, 0.3) is 5.91 Å². The van der Waals surface area contributed by atoms with Crippen LogP contribution in [0.15, 0.2) is 42.6 Å². The average molecular weight is 415 g/mol. The summed E-state index contributed by atoms with van der Waals surface area (Å²) in [6.45, 7) is 1.94. The zero-order chi connectivity index (χ0) is 20.0. The lowest BCUT2D eigenvalue weighted by Crippen LogP contribution is -2.14. The Kier molecular flexibility index (Phi) is 4.49. The SMILES string of the molecule is Cc1nc2cc(Nc3cn(-c4c(Cl)cccc4Cl)nc3C(N)=O)ccc2n1C. The number of amides is 1. The third-order valence-corrected chi connectivity index (χ3v) is 5.11. The Hall–Kier alpha value is -3.03. The number of carbonyl (C=O) groups is 1. The van der Waals surface area contributed by atoms with Crippen LogP contribution < -0.4 is 11.1 Å². The second kappa shape index (κ2) is 6.85. The summed E-state index contributed by atoms with van der Waals surface area (Å²) in [5.74, 6) is 0.241. The van der Waals surface area contributed by atoms with Gasteiger partial charge in [0, 0.05) is 12.7 Å². The first-order valence-corrected chi connectivity index (χ1v) is 9.14. The van der Waals surface area contributed by atoms with E-state index >= 15 is 0 Å². The van der Waals surface area contributed by atoms with Crippen LogP contribution in [-0.2, 0) is 7.05 Å². The van der Waals surface area contributed by atoms with E-state index in [-0.39, 0.29) is 5.69 Å². The zero-order valence-corrected chi connectivity index (χ0v) is 16.6. The van der Waals surface area contributed by atoms with Crippen molar-refractivity contribution in [3.05, 3.63) is 64.2 Å². The molecule has 0 aliphatic rings. The van der Waals surface area contributed by atoms with Crippen LogP contribution in [-0.4, -0.2) is 25.2 Å². The molecule has 4 rings (SSSR count). The summed E-state index contributed by atoms with van der Waals surface area (Å²) >= 11 is 12.5. The molecule has 7 nitrogen and oxygen atoms in total. The Morgan fingerprint density at radius 1 is 1.18 bits per heavy atom. The van der Waals surface area contributed by atoms with Gasteiger partial charge in [-0.05, 0) is 37.3 Å². The minimum atomic E-state index is -0.667. The minimum absolute atomic E-state index is 0.0771. The quantitative estimate of drug-likeness (QED) is 0.522. The molecule has 2 aromatic heterocycles. The summed E-state index contributed by atoms with van der Waals surface area (Å²) in [6.07, 6.45) is 1.63. The number of nitrogens with one attached hydrogen (secondary N) is 1. The third-order valence-electron chi connectivity index (χ3n) is 4.50. The molecule has 9 heteroatoms. The van der Waals surface area contributed by atoms with Gasteiger partial charge < -0.3 is 15.6 Å². The van der Waals surface area contributed by atoms with E-state index in [1.807, 2.05) is 36.7 Å². The van der Waals surface area contributed by atoms with Crippen molar-refractivity contribution in [2.45, 2.75) is 6.92 Å². The molecule has 0 aliphatic carbocycles. The Bertz CT molecular complexity index is 1210. The Morgan fingerprint density at radius 3 is 2.57 bits per heavy atom. The van der Waals surface area contributed by atoms with Gasteiger partial charge in [-0.1, -0.05) is 29.3 Å². The van der Waals surface area contributed by atoms with E-state index in [4.69, 9.17) is 28.9 Å². The van der Waals surface area contributed by atoms with Crippen LogP contribution in [0.5, 0.6) is 0 Å². The summed E-state index contributed by atoms with van der Waals surface area (Å²) in [5.41, 5.74) is 9.10. The maximum atomic E-state index is 11.9. The number of carbonyl (C=O) groups excluding carboxylic acids is 1. The normalized spacial score (nSPS) is 11.1. The van der Waals surface area contributed by atoms with Crippen molar-refractivity contribution in [2.75, 3.05) is 5.32 Å². The van der Waals surface area contributed by atoms with E-state index in [9.17, 15) is 4.79 Å². The Labute approximate surface area is 170 Å². The van der Waals surface area contributed by atoms with Gasteiger partial charge >= 0.3 is 0 Å². The Balaban J connectivity index is 1.77. The molecular weight excluding hydrogens is 399 g/mol. The van der Waals surface area contributed by atoms with E-state index in [0.717, 1.165) is 22.5 Å². The van der Waals surface area contributed by atoms with Crippen molar-refractivity contribution >= 4 is 51.5 Å². The lowest BCUT2D eigenvalue weighted by molar-refractivity contribution is 0.0996. The first kappa shape index (κ1) is 18.3. The van der Waals surface area contributed by atoms with Crippen LogP contribution in [0.1, 0.15) is 16.3 Å². The van der Waals surface area contributed by atoms with E-state index in [0.29, 0.717) is 21.4 Å². The number of anilines is 2. The number of imidazole rings is 1. The molecule has 4 aromatic rings. The number of nitrogens with zero attached hydrogens (tertiary/aromatic N) is 4. The molecule has 0 saturated carbocycles. The van der Waals surface area contributed by atoms with E-state index in [1.54, 1.807) is 24.4 Å². The molecule has 0 aliphatic heterocycles. The lowest BCUT2D eigenvalue weighted by Gasteiger charge is -2.06. The number of primary amides is 1. The van der Waals surface area contributed by atoms with Crippen molar-refractivity contribution in [3.8, 4) is 5.69 Å². The highest BCUT2D eigenvalue weighted by molar-refractivity contribution is 6.37. The molecule has 1 amide bonds. The maximum Gasteiger partial charge on any atom is 0.271 e. The van der Waals surface area contributed by atoms with E-state index < -0.39 is 5.91 Å². The number of hydrogen-bond donors (Lipinski definition) is 2. The Morgan fingerprint density at radius 2 is 1.89 bits per heavy atom. The topological polar surface area (TPSA) is 90.8 Å². The number of halogens is 2. The number of aromatic nitrogens is 4. The monoisotopic (exact) mass is 414 g/mol. The van der Waals surface area contributed by atoms with Crippen LogP contribution in [0.25, 0.3) is 16.7 Å². The van der Waals surface area contributed by atoms with Crippen LogP contribution >= 0.6 is 23.2 Å². The number of aryl methyl sites for hydroxylation is 2. The summed E-state index contributed by atoms with van der Waals surface area (Å²) in [4.78, 5) is 16.4. The molecule has 0 saturated heterocycles. The molecule has 0 radical (unpaired) electrons. The number of rotatable bonds is 4. The van der Waals surface area contributed by atoms with Crippen LogP contribution in [0.4, 0.5) is 11.4 Å². The molecule has 2 heterocycles. The second-order valence-corrected chi connectivity index (χ2v) is 7.13. The molecule has 0 fully saturated rings. The van der Waals surface area contributed by atoms with Crippen LogP contribution in [0.3, 0.4) is 0 Å². The molecule has 0 unspecified atom stereocenters. The average Bonchev–Trinajstić information content (AvgIpc) is 3.16. The highest BCUT2D eigenvalue weighted by Crippen LogP contribution is 2.31. The zero-order valence-electron chi connectivity index (χ0n) is 15.1. The maximum absolute atomic E-state index is 11.9. The largest absolute Gasteiger partial charge is 0.364 e.